The van der Waals surface area contributed by atoms with E-state index in [1.54, 1.807) is 0 Å². The molecule has 0 fully saturated rings. The highest BCUT2D eigenvalue weighted by Crippen LogP contribution is 2.21. The van der Waals surface area contributed by atoms with E-state index in [1.807, 2.05) is 6.07 Å². The summed E-state index contributed by atoms with van der Waals surface area (Å²) < 4.78 is 0. The quantitative estimate of drug-likeness (QED) is 0.681. The molecule has 0 saturated heterocycles. The Bertz CT molecular complexity index is 395. The molecule has 0 amide bonds. The number of nitrogen functional groups attached to an aromatic ring is 1. The van der Waals surface area contributed by atoms with Crippen molar-refractivity contribution in [2.24, 2.45) is 17.8 Å². The van der Waals surface area contributed by atoms with Crippen LogP contribution in [0.1, 0.15) is 41.0 Å². The van der Waals surface area contributed by atoms with Crippen molar-refractivity contribution in [3.8, 4) is 0 Å². The smallest absolute Gasteiger partial charge is 0.223 e. The maximum Gasteiger partial charge on any atom is 0.223 e. The summed E-state index contributed by atoms with van der Waals surface area (Å²) in [6.45, 7) is 12.9. The lowest BCUT2D eigenvalue weighted by atomic mass is 9.85. The van der Waals surface area contributed by atoms with Crippen LogP contribution < -0.4 is 16.4 Å². The van der Waals surface area contributed by atoms with E-state index < -0.39 is 0 Å². The lowest BCUT2D eigenvalue weighted by Gasteiger charge is -2.25. The number of aromatic nitrogens is 2. The Morgan fingerprint density at radius 1 is 1.05 bits per heavy atom. The maximum atomic E-state index is 5.75. The van der Waals surface area contributed by atoms with Crippen LogP contribution in [0.25, 0.3) is 0 Å². The summed E-state index contributed by atoms with van der Waals surface area (Å²) in [7, 11) is 0. The van der Waals surface area contributed by atoms with Gasteiger partial charge in [0.2, 0.25) is 5.95 Å². The summed E-state index contributed by atoms with van der Waals surface area (Å²) in [6, 6.07) is 1.92. The molecule has 20 heavy (non-hydrogen) atoms. The average molecular weight is 279 g/mol. The molecule has 1 aromatic heterocycles. The molecule has 1 aromatic rings. The van der Waals surface area contributed by atoms with E-state index >= 15 is 0 Å². The van der Waals surface area contributed by atoms with Crippen molar-refractivity contribution in [2.45, 2.75) is 41.0 Å². The van der Waals surface area contributed by atoms with Gasteiger partial charge in [-0.05, 0) is 24.2 Å². The van der Waals surface area contributed by atoms with Crippen LogP contribution in [0.2, 0.25) is 0 Å². The molecule has 0 aromatic carbocycles. The average Bonchev–Trinajstić information content (AvgIpc) is 2.35. The van der Waals surface area contributed by atoms with Crippen molar-refractivity contribution in [3.63, 3.8) is 0 Å². The highest BCUT2D eigenvalue weighted by molar-refractivity contribution is 5.50. The number of hydrogen-bond acceptors (Lipinski definition) is 5. The Labute approximate surface area is 122 Å². The number of nitrogens with zero attached hydrogens (tertiary/aromatic N) is 2. The van der Waals surface area contributed by atoms with Gasteiger partial charge in [-0.15, -0.1) is 0 Å². The molecule has 5 heteroatoms. The fourth-order valence-electron chi connectivity index (χ4n) is 2.36. The van der Waals surface area contributed by atoms with Gasteiger partial charge in [0, 0.05) is 19.2 Å². The van der Waals surface area contributed by atoms with E-state index in [-0.39, 0.29) is 0 Å². The molecular weight excluding hydrogens is 250 g/mol. The molecule has 114 valence electrons. The Morgan fingerprint density at radius 3 is 2.10 bits per heavy atom. The van der Waals surface area contributed by atoms with E-state index in [1.165, 1.54) is 0 Å². The molecule has 0 spiro atoms. The second kappa shape index (κ2) is 7.92. The first kappa shape index (κ1) is 16.5. The monoisotopic (exact) mass is 279 g/mol. The summed E-state index contributed by atoms with van der Waals surface area (Å²) in [5.74, 6) is 3.77. The molecule has 4 N–H and O–H groups in total. The molecule has 0 atom stereocenters. The van der Waals surface area contributed by atoms with Gasteiger partial charge in [0.15, 0.2) is 0 Å². The number of nitrogens with two attached hydrogens (primary N) is 1. The minimum absolute atomic E-state index is 0.305. The van der Waals surface area contributed by atoms with Gasteiger partial charge in [0.25, 0.3) is 0 Å². The molecule has 0 bridgehead atoms. The van der Waals surface area contributed by atoms with Crippen LogP contribution in [0.15, 0.2) is 6.07 Å². The second-order valence-corrected chi connectivity index (χ2v) is 5.96. The maximum absolute atomic E-state index is 5.75. The third-order valence-corrected chi connectivity index (χ3v) is 3.53. The van der Waals surface area contributed by atoms with Crippen molar-refractivity contribution in [1.29, 1.82) is 0 Å². The first-order valence-electron chi connectivity index (χ1n) is 7.56. The fourth-order valence-corrected chi connectivity index (χ4v) is 2.36. The van der Waals surface area contributed by atoms with Crippen LogP contribution in [0.5, 0.6) is 0 Å². The Hall–Kier alpha value is -1.52. The van der Waals surface area contributed by atoms with Gasteiger partial charge in [-0.25, -0.2) is 0 Å². The van der Waals surface area contributed by atoms with Crippen LogP contribution in [0.4, 0.5) is 17.6 Å². The summed E-state index contributed by atoms with van der Waals surface area (Å²) in [5, 5.41) is 6.63. The number of anilines is 3. The summed E-state index contributed by atoms with van der Waals surface area (Å²) in [4.78, 5) is 8.43. The zero-order chi connectivity index (χ0) is 15.1. The van der Waals surface area contributed by atoms with Crippen molar-refractivity contribution in [1.82, 2.24) is 9.97 Å². The van der Waals surface area contributed by atoms with Crippen molar-refractivity contribution in [3.05, 3.63) is 6.07 Å². The van der Waals surface area contributed by atoms with Gasteiger partial charge in [-0.1, -0.05) is 34.6 Å². The van der Waals surface area contributed by atoms with Crippen molar-refractivity contribution in [2.75, 3.05) is 29.5 Å². The van der Waals surface area contributed by atoms with Gasteiger partial charge in [0.05, 0.1) is 0 Å². The molecule has 0 unspecified atom stereocenters. The second-order valence-electron chi connectivity index (χ2n) is 5.96. The van der Waals surface area contributed by atoms with E-state index in [0.717, 1.165) is 31.1 Å². The third kappa shape index (κ3) is 5.23. The van der Waals surface area contributed by atoms with Crippen molar-refractivity contribution < 1.29 is 0 Å². The van der Waals surface area contributed by atoms with Crippen LogP contribution in [0, 0.1) is 17.8 Å². The van der Waals surface area contributed by atoms with Gasteiger partial charge < -0.3 is 16.4 Å². The summed E-state index contributed by atoms with van der Waals surface area (Å²) in [5.41, 5.74) is 5.75. The van der Waals surface area contributed by atoms with E-state index in [0.29, 0.717) is 23.7 Å². The first-order chi connectivity index (χ1) is 9.43. The molecule has 0 aliphatic heterocycles. The van der Waals surface area contributed by atoms with Crippen molar-refractivity contribution >= 4 is 17.6 Å². The zero-order valence-corrected chi connectivity index (χ0v) is 13.4. The summed E-state index contributed by atoms with van der Waals surface area (Å²) in [6.07, 6.45) is 1.05. The molecule has 0 aliphatic carbocycles. The predicted molar refractivity (Wildman–Crippen MR) is 86.9 cm³/mol. The molecule has 1 heterocycles. The van der Waals surface area contributed by atoms with Gasteiger partial charge in [0.1, 0.15) is 11.6 Å². The number of hydrogen-bond donors (Lipinski definition) is 3. The molecule has 0 saturated carbocycles. The minimum atomic E-state index is 0.305. The molecule has 0 aliphatic rings. The van der Waals surface area contributed by atoms with E-state index in [2.05, 4.69) is 55.2 Å². The van der Waals surface area contributed by atoms with Crippen LogP contribution in [-0.4, -0.2) is 23.1 Å². The van der Waals surface area contributed by atoms with E-state index in [4.69, 9.17) is 5.73 Å². The van der Waals surface area contributed by atoms with Gasteiger partial charge in [-0.2, -0.15) is 9.97 Å². The molecular formula is C15H29N5. The normalized spacial score (nSPS) is 11.4. The SMILES string of the molecule is CCCNc1cc(NCC(C(C)C)C(C)C)nc(N)n1. The van der Waals surface area contributed by atoms with Crippen LogP contribution >= 0.6 is 0 Å². The predicted octanol–water partition coefficient (Wildman–Crippen LogP) is 3.22. The molecule has 5 nitrogen and oxygen atoms in total. The minimum Gasteiger partial charge on any atom is -0.370 e. The Kier molecular flexibility index (Phi) is 6.55. The van der Waals surface area contributed by atoms with Crippen LogP contribution in [0.3, 0.4) is 0 Å². The molecule has 1 rings (SSSR count). The van der Waals surface area contributed by atoms with E-state index in [9.17, 15) is 0 Å². The standard InChI is InChI=1S/C15H29N5/c1-6-7-17-13-8-14(20-15(16)19-13)18-9-12(10(2)3)11(4)5/h8,10-12H,6-7,9H2,1-5H3,(H4,16,17,18,19,20). The first-order valence-corrected chi connectivity index (χ1v) is 7.56. The highest BCUT2D eigenvalue weighted by Gasteiger charge is 2.17. The zero-order valence-electron chi connectivity index (χ0n) is 13.4. The topological polar surface area (TPSA) is 75.9 Å². The van der Waals surface area contributed by atoms with Gasteiger partial charge >= 0.3 is 0 Å². The lowest BCUT2D eigenvalue weighted by molar-refractivity contribution is 0.304. The fraction of sp³-hybridized carbons (Fsp3) is 0.733. The lowest BCUT2D eigenvalue weighted by Crippen LogP contribution is -2.25. The molecule has 0 radical (unpaired) electrons. The largest absolute Gasteiger partial charge is 0.370 e. The third-order valence-electron chi connectivity index (χ3n) is 3.53. The Balaban J connectivity index is 2.69. The highest BCUT2D eigenvalue weighted by atomic mass is 15.1. The Morgan fingerprint density at radius 2 is 1.60 bits per heavy atom. The number of rotatable bonds is 8. The van der Waals surface area contributed by atoms with Crippen LogP contribution in [-0.2, 0) is 0 Å². The van der Waals surface area contributed by atoms with Gasteiger partial charge in [-0.3, -0.25) is 0 Å². The summed E-state index contributed by atoms with van der Waals surface area (Å²) >= 11 is 0. The number of nitrogens with one attached hydrogen (secondary N) is 2.